The van der Waals surface area contributed by atoms with Gasteiger partial charge in [0.05, 0.1) is 18.5 Å². The van der Waals surface area contributed by atoms with Crippen molar-refractivity contribution >= 4 is 23.0 Å². The minimum atomic E-state index is -0.890. The molecule has 0 amide bonds. The molecule has 0 radical (unpaired) electrons. The van der Waals surface area contributed by atoms with E-state index in [2.05, 4.69) is 22.7 Å². The molecule has 146 valence electrons. The lowest BCUT2D eigenvalue weighted by Crippen LogP contribution is -2.13. The molecule has 29 heavy (non-hydrogen) atoms. The second kappa shape index (κ2) is 7.04. The van der Waals surface area contributed by atoms with Crippen LogP contribution in [0.1, 0.15) is 45.4 Å². The molecule has 0 bridgehead atoms. The van der Waals surface area contributed by atoms with Gasteiger partial charge in [-0.2, -0.15) is 0 Å². The number of rotatable bonds is 4. The van der Waals surface area contributed by atoms with Crippen molar-refractivity contribution in [2.24, 2.45) is 0 Å². The number of imidazole rings is 1. The number of aromatic nitrogens is 2. The molecule has 0 saturated carbocycles. The zero-order chi connectivity index (χ0) is 20.0. The first-order valence-corrected chi connectivity index (χ1v) is 10.4. The lowest BCUT2D eigenvalue weighted by molar-refractivity contribution is 0.0702. The molecule has 0 spiro atoms. The topological polar surface area (TPSA) is 63.8 Å². The number of carboxylic acids is 1. The Balaban J connectivity index is 1.66. The minimum Gasteiger partial charge on any atom is -0.496 e. The van der Waals surface area contributed by atoms with Gasteiger partial charge in [0, 0.05) is 28.1 Å². The van der Waals surface area contributed by atoms with Crippen LogP contribution in [0.4, 0.5) is 0 Å². The highest BCUT2D eigenvalue weighted by atomic mass is 32.1. The molecule has 5 nitrogen and oxygen atoms in total. The van der Waals surface area contributed by atoms with E-state index in [1.165, 1.54) is 22.6 Å². The standard InChI is InChI=1S/C23H20N2O3S/c1-28-18-8-3-2-5-15(18)16-6-4-7-17-22(16)25-13-14(9-12-21(25)24-17)19-10-11-20(29-19)23(26)27/h2-3,5,8-13,16H,4,6-7H2,1H3,(H,26,27). The van der Waals surface area contributed by atoms with Crippen LogP contribution in [0.3, 0.4) is 0 Å². The normalized spacial score (nSPS) is 16.0. The summed E-state index contributed by atoms with van der Waals surface area (Å²) in [5, 5.41) is 9.24. The molecule has 5 rings (SSSR count). The second-order valence-corrected chi connectivity index (χ2v) is 8.33. The van der Waals surface area contributed by atoms with E-state index in [1.807, 2.05) is 30.3 Å². The fraction of sp³-hybridized carbons (Fsp3) is 0.217. The van der Waals surface area contributed by atoms with E-state index in [9.17, 15) is 9.90 Å². The third-order valence-corrected chi connectivity index (χ3v) is 6.71. The fourth-order valence-corrected chi connectivity index (χ4v) is 5.12. The van der Waals surface area contributed by atoms with Crippen molar-refractivity contribution in [1.82, 2.24) is 9.38 Å². The van der Waals surface area contributed by atoms with Crippen LogP contribution in [0.25, 0.3) is 16.1 Å². The van der Waals surface area contributed by atoms with Gasteiger partial charge in [-0.3, -0.25) is 0 Å². The number of ether oxygens (including phenoxy) is 1. The Morgan fingerprint density at radius 3 is 2.86 bits per heavy atom. The van der Waals surface area contributed by atoms with Crippen LogP contribution in [0.2, 0.25) is 0 Å². The number of aryl methyl sites for hydroxylation is 1. The van der Waals surface area contributed by atoms with Gasteiger partial charge in [0.2, 0.25) is 0 Å². The fourth-order valence-electron chi connectivity index (χ4n) is 4.29. The lowest BCUT2D eigenvalue weighted by atomic mass is 9.84. The van der Waals surface area contributed by atoms with Crippen LogP contribution < -0.4 is 4.74 Å². The van der Waals surface area contributed by atoms with E-state index in [1.54, 1.807) is 13.2 Å². The van der Waals surface area contributed by atoms with Crippen molar-refractivity contribution in [2.45, 2.75) is 25.2 Å². The monoisotopic (exact) mass is 404 g/mol. The molecule has 1 unspecified atom stereocenters. The van der Waals surface area contributed by atoms with E-state index in [-0.39, 0.29) is 5.92 Å². The smallest absolute Gasteiger partial charge is 0.345 e. The van der Waals surface area contributed by atoms with Crippen LogP contribution in [0.5, 0.6) is 5.75 Å². The summed E-state index contributed by atoms with van der Waals surface area (Å²) < 4.78 is 7.82. The molecule has 4 aromatic rings. The number of benzene rings is 1. The van der Waals surface area contributed by atoms with E-state index < -0.39 is 5.97 Å². The van der Waals surface area contributed by atoms with Crippen LogP contribution in [0, 0.1) is 0 Å². The Hall–Kier alpha value is -3.12. The van der Waals surface area contributed by atoms with Gasteiger partial charge in [-0.25, -0.2) is 9.78 Å². The number of pyridine rings is 1. The van der Waals surface area contributed by atoms with Crippen molar-refractivity contribution < 1.29 is 14.6 Å². The van der Waals surface area contributed by atoms with E-state index >= 15 is 0 Å². The molecule has 0 aliphatic heterocycles. The van der Waals surface area contributed by atoms with Crippen molar-refractivity contribution in [2.75, 3.05) is 7.11 Å². The number of thiophene rings is 1. The first-order valence-electron chi connectivity index (χ1n) is 9.63. The zero-order valence-corrected chi connectivity index (χ0v) is 16.8. The Morgan fingerprint density at radius 1 is 1.21 bits per heavy atom. The average Bonchev–Trinajstić information content (AvgIpc) is 3.38. The highest BCUT2D eigenvalue weighted by Crippen LogP contribution is 2.41. The summed E-state index contributed by atoms with van der Waals surface area (Å²) in [4.78, 5) is 17.4. The van der Waals surface area contributed by atoms with Crippen molar-refractivity contribution in [3.05, 3.63) is 76.6 Å². The largest absolute Gasteiger partial charge is 0.496 e. The second-order valence-electron chi connectivity index (χ2n) is 7.25. The van der Waals surface area contributed by atoms with Crippen molar-refractivity contribution in [1.29, 1.82) is 0 Å². The summed E-state index contributed by atoms with van der Waals surface area (Å²) >= 11 is 1.29. The molecule has 0 saturated heterocycles. The summed E-state index contributed by atoms with van der Waals surface area (Å²) in [6.07, 6.45) is 5.21. The Kier molecular flexibility index (Phi) is 4.36. The zero-order valence-electron chi connectivity index (χ0n) is 16.0. The number of hydrogen-bond donors (Lipinski definition) is 1. The number of aromatic carboxylic acids is 1. The molecule has 6 heteroatoms. The maximum Gasteiger partial charge on any atom is 0.345 e. The van der Waals surface area contributed by atoms with Gasteiger partial charge in [0.15, 0.2) is 0 Å². The van der Waals surface area contributed by atoms with Crippen LogP contribution in [0.15, 0.2) is 54.7 Å². The first kappa shape index (κ1) is 17.9. The van der Waals surface area contributed by atoms with E-state index in [0.717, 1.165) is 46.8 Å². The van der Waals surface area contributed by atoms with Gasteiger partial charge in [0.1, 0.15) is 16.3 Å². The average molecular weight is 404 g/mol. The number of fused-ring (bicyclic) bond motifs is 3. The maximum absolute atomic E-state index is 11.3. The van der Waals surface area contributed by atoms with Crippen molar-refractivity contribution in [3.8, 4) is 16.2 Å². The quantitative estimate of drug-likeness (QED) is 0.505. The molecule has 1 atom stereocenters. The Labute approximate surface area is 172 Å². The number of para-hydroxylation sites is 1. The number of carbonyl (C=O) groups is 1. The Bertz CT molecular complexity index is 1220. The highest BCUT2D eigenvalue weighted by Gasteiger charge is 2.29. The van der Waals surface area contributed by atoms with Crippen molar-refractivity contribution in [3.63, 3.8) is 0 Å². The van der Waals surface area contributed by atoms with E-state index in [4.69, 9.17) is 9.72 Å². The molecular formula is C23H20N2O3S. The summed E-state index contributed by atoms with van der Waals surface area (Å²) in [7, 11) is 1.71. The van der Waals surface area contributed by atoms with Crippen LogP contribution in [-0.4, -0.2) is 27.6 Å². The number of nitrogens with zero attached hydrogens (tertiary/aromatic N) is 2. The molecular weight excluding hydrogens is 384 g/mol. The van der Waals surface area contributed by atoms with Gasteiger partial charge in [0.25, 0.3) is 0 Å². The minimum absolute atomic E-state index is 0.220. The lowest BCUT2D eigenvalue weighted by Gasteiger charge is -2.24. The molecule has 3 aromatic heterocycles. The predicted molar refractivity (Wildman–Crippen MR) is 113 cm³/mol. The molecule has 1 aliphatic carbocycles. The van der Waals surface area contributed by atoms with Gasteiger partial charge < -0.3 is 14.2 Å². The Morgan fingerprint density at radius 2 is 2.07 bits per heavy atom. The third-order valence-electron chi connectivity index (χ3n) is 5.58. The number of carboxylic acid groups (broad SMARTS) is 1. The summed E-state index contributed by atoms with van der Waals surface area (Å²) in [5.74, 6) is 0.234. The molecule has 0 fully saturated rings. The third kappa shape index (κ3) is 3.00. The first-order chi connectivity index (χ1) is 14.2. The van der Waals surface area contributed by atoms with Gasteiger partial charge in [-0.1, -0.05) is 18.2 Å². The van der Waals surface area contributed by atoms with Crippen LogP contribution in [-0.2, 0) is 6.42 Å². The summed E-state index contributed by atoms with van der Waals surface area (Å²) in [6.45, 7) is 0. The molecule has 1 N–H and O–H groups in total. The van der Waals surface area contributed by atoms with Gasteiger partial charge in [-0.15, -0.1) is 11.3 Å². The number of hydrogen-bond acceptors (Lipinski definition) is 4. The summed E-state index contributed by atoms with van der Waals surface area (Å²) in [5.41, 5.74) is 5.47. The maximum atomic E-state index is 11.3. The molecule has 1 aliphatic rings. The van der Waals surface area contributed by atoms with E-state index in [0.29, 0.717) is 4.88 Å². The van der Waals surface area contributed by atoms with Crippen LogP contribution >= 0.6 is 11.3 Å². The summed E-state index contributed by atoms with van der Waals surface area (Å²) in [6, 6.07) is 15.8. The molecule has 1 aromatic carbocycles. The van der Waals surface area contributed by atoms with Gasteiger partial charge >= 0.3 is 5.97 Å². The predicted octanol–water partition coefficient (Wildman–Crippen LogP) is 5.24. The highest BCUT2D eigenvalue weighted by molar-refractivity contribution is 7.17. The number of methoxy groups -OCH3 is 1. The van der Waals surface area contributed by atoms with Gasteiger partial charge in [-0.05, 0) is 49.6 Å². The molecule has 3 heterocycles. The SMILES string of the molecule is COc1ccccc1C1CCCc2nc3ccc(-c4ccc(C(=O)O)s4)cn3c21.